The minimum absolute atomic E-state index is 0.0702. The lowest BCUT2D eigenvalue weighted by Gasteiger charge is -2.24. The molecule has 25 heavy (non-hydrogen) atoms. The molecule has 0 amide bonds. The highest BCUT2D eigenvalue weighted by Crippen LogP contribution is 2.50. The fourth-order valence-electron chi connectivity index (χ4n) is 4.38. The van der Waals surface area contributed by atoms with Crippen LogP contribution in [0.25, 0.3) is 11.4 Å². The predicted molar refractivity (Wildman–Crippen MR) is 93.0 cm³/mol. The van der Waals surface area contributed by atoms with Crippen LogP contribution in [0.3, 0.4) is 0 Å². The van der Waals surface area contributed by atoms with E-state index in [2.05, 4.69) is 20.0 Å². The number of rotatable bonds is 3. The van der Waals surface area contributed by atoms with Crippen LogP contribution in [-0.2, 0) is 5.41 Å². The van der Waals surface area contributed by atoms with Crippen molar-refractivity contribution < 1.29 is 4.52 Å². The first-order valence-electron chi connectivity index (χ1n) is 8.77. The Kier molecular flexibility index (Phi) is 3.29. The lowest BCUT2D eigenvalue weighted by Crippen LogP contribution is -2.32. The molecule has 1 saturated heterocycles. The van der Waals surface area contributed by atoms with Crippen molar-refractivity contribution in [3.63, 3.8) is 0 Å². The zero-order valence-electron chi connectivity index (χ0n) is 13.9. The van der Waals surface area contributed by atoms with Gasteiger partial charge in [-0.15, -0.1) is 0 Å². The molecule has 3 aromatic rings. The summed E-state index contributed by atoms with van der Waals surface area (Å²) in [5.41, 5.74) is 0.920. The van der Waals surface area contributed by atoms with E-state index in [1.165, 1.54) is 12.8 Å². The molecular formula is C19H19N5O. The van der Waals surface area contributed by atoms with Gasteiger partial charge in [-0.25, -0.2) is 9.97 Å². The maximum Gasteiger partial charge on any atom is 0.235 e. The van der Waals surface area contributed by atoms with Crippen LogP contribution in [-0.4, -0.2) is 33.2 Å². The largest absolute Gasteiger partial charge is 0.339 e. The molecule has 1 aliphatic heterocycles. The van der Waals surface area contributed by atoms with Crippen molar-refractivity contribution in [2.75, 3.05) is 18.0 Å². The molecule has 5 rings (SSSR count). The van der Waals surface area contributed by atoms with Crippen molar-refractivity contribution >= 4 is 5.95 Å². The zero-order valence-corrected chi connectivity index (χ0v) is 13.9. The van der Waals surface area contributed by atoms with Crippen molar-refractivity contribution in [3.05, 3.63) is 54.7 Å². The summed E-state index contributed by atoms with van der Waals surface area (Å²) < 4.78 is 5.76. The van der Waals surface area contributed by atoms with E-state index in [0.29, 0.717) is 11.7 Å². The maximum absolute atomic E-state index is 5.76. The molecule has 2 aromatic heterocycles. The molecule has 0 radical (unpaired) electrons. The number of nitrogens with zero attached hydrogens (tertiary/aromatic N) is 5. The second-order valence-electron chi connectivity index (χ2n) is 6.96. The molecule has 2 fully saturated rings. The highest BCUT2D eigenvalue weighted by molar-refractivity contribution is 5.54. The van der Waals surface area contributed by atoms with Crippen molar-refractivity contribution in [3.8, 4) is 11.4 Å². The molecule has 6 nitrogen and oxygen atoms in total. The molecule has 3 heterocycles. The number of aromatic nitrogens is 4. The molecule has 2 atom stereocenters. The van der Waals surface area contributed by atoms with Gasteiger partial charge in [0.1, 0.15) is 0 Å². The molecule has 1 aromatic carbocycles. The first-order chi connectivity index (χ1) is 12.4. The van der Waals surface area contributed by atoms with Gasteiger partial charge in [-0.05, 0) is 24.8 Å². The van der Waals surface area contributed by atoms with Gasteiger partial charge < -0.3 is 9.42 Å². The lowest BCUT2D eigenvalue weighted by atomic mass is 9.80. The van der Waals surface area contributed by atoms with E-state index in [4.69, 9.17) is 9.51 Å². The normalized spacial score (nSPS) is 25.3. The Labute approximate surface area is 145 Å². The summed E-state index contributed by atoms with van der Waals surface area (Å²) >= 11 is 0. The van der Waals surface area contributed by atoms with Crippen LogP contribution < -0.4 is 4.90 Å². The van der Waals surface area contributed by atoms with Crippen LogP contribution in [0.2, 0.25) is 0 Å². The highest BCUT2D eigenvalue weighted by Gasteiger charge is 2.54. The van der Waals surface area contributed by atoms with E-state index in [1.807, 2.05) is 36.4 Å². The molecule has 0 unspecified atom stereocenters. The third-order valence-electron chi connectivity index (χ3n) is 5.59. The topological polar surface area (TPSA) is 67.9 Å². The summed E-state index contributed by atoms with van der Waals surface area (Å²) in [6.07, 6.45) is 7.06. The summed E-state index contributed by atoms with van der Waals surface area (Å²) in [5.74, 6) is 2.75. The molecule has 1 aliphatic carbocycles. The summed E-state index contributed by atoms with van der Waals surface area (Å²) in [6, 6.07) is 11.8. The standard InChI is InChI=1S/C19H19N5O/c1-2-6-14(7-3-1)16-22-17(25-23-16)19-9-4-8-15(19)12-24(13-19)18-20-10-5-11-21-18/h1-3,5-7,10-11,15H,4,8-9,12-13H2/t15-,19-/m1/s1. The highest BCUT2D eigenvalue weighted by atomic mass is 16.5. The molecule has 2 aliphatic rings. The van der Waals surface area contributed by atoms with Crippen LogP contribution in [0.4, 0.5) is 5.95 Å². The van der Waals surface area contributed by atoms with Crippen LogP contribution >= 0.6 is 0 Å². The molecule has 0 bridgehead atoms. The maximum atomic E-state index is 5.76. The predicted octanol–water partition coefficient (Wildman–Crippen LogP) is 3.08. The third-order valence-corrected chi connectivity index (χ3v) is 5.59. The Balaban J connectivity index is 1.49. The SMILES string of the molecule is c1ccc(-c2noc([C@@]34CCC[C@@H]3CN(c3ncccn3)C4)n2)cc1. The number of fused-ring (bicyclic) bond motifs is 1. The summed E-state index contributed by atoms with van der Waals surface area (Å²) in [7, 11) is 0. The van der Waals surface area contributed by atoms with Gasteiger partial charge in [0.25, 0.3) is 0 Å². The number of hydrogen-bond donors (Lipinski definition) is 0. The van der Waals surface area contributed by atoms with Crippen molar-refractivity contribution in [1.29, 1.82) is 0 Å². The average molecular weight is 333 g/mol. The average Bonchev–Trinajstić information content (AvgIpc) is 3.37. The van der Waals surface area contributed by atoms with Gasteiger partial charge in [-0.1, -0.05) is 41.9 Å². The minimum atomic E-state index is -0.0702. The van der Waals surface area contributed by atoms with E-state index in [1.54, 1.807) is 12.4 Å². The summed E-state index contributed by atoms with van der Waals surface area (Å²) in [4.78, 5) is 15.9. The van der Waals surface area contributed by atoms with Gasteiger partial charge in [0, 0.05) is 31.0 Å². The van der Waals surface area contributed by atoms with E-state index >= 15 is 0 Å². The zero-order chi connectivity index (χ0) is 16.7. The monoisotopic (exact) mass is 333 g/mol. The fourth-order valence-corrected chi connectivity index (χ4v) is 4.38. The van der Waals surface area contributed by atoms with Crippen molar-refractivity contribution in [2.45, 2.75) is 24.7 Å². The second-order valence-corrected chi connectivity index (χ2v) is 6.96. The molecule has 0 N–H and O–H groups in total. The Bertz CT molecular complexity index is 866. The van der Waals surface area contributed by atoms with E-state index in [0.717, 1.165) is 36.9 Å². The lowest BCUT2D eigenvalue weighted by molar-refractivity contribution is 0.266. The number of anilines is 1. The first kappa shape index (κ1) is 14.6. The van der Waals surface area contributed by atoms with Gasteiger partial charge >= 0.3 is 0 Å². The number of hydrogen-bond acceptors (Lipinski definition) is 6. The van der Waals surface area contributed by atoms with Gasteiger partial charge in [-0.3, -0.25) is 0 Å². The quantitative estimate of drug-likeness (QED) is 0.734. The molecule has 126 valence electrons. The molecule has 1 saturated carbocycles. The van der Waals surface area contributed by atoms with Gasteiger partial charge in [0.05, 0.1) is 5.41 Å². The van der Waals surface area contributed by atoms with Crippen LogP contribution in [0, 0.1) is 5.92 Å². The third kappa shape index (κ3) is 2.32. The van der Waals surface area contributed by atoms with Crippen LogP contribution in [0.5, 0.6) is 0 Å². The Hall–Kier alpha value is -2.76. The molecule has 6 heteroatoms. The van der Waals surface area contributed by atoms with E-state index in [-0.39, 0.29) is 5.41 Å². The Morgan fingerprint density at radius 3 is 2.76 bits per heavy atom. The van der Waals surface area contributed by atoms with Crippen LogP contribution in [0.1, 0.15) is 25.2 Å². The van der Waals surface area contributed by atoms with Gasteiger partial charge in [0.15, 0.2) is 0 Å². The van der Waals surface area contributed by atoms with Crippen molar-refractivity contribution in [1.82, 2.24) is 20.1 Å². The molecule has 0 spiro atoms. The minimum Gasteiger partial charge on any atom is -0.339 e. The second kappa shape index (κ2) is 5.65. The van der Waals surface area contributed by atoms with Crippen molar-refractivity contribution in [2.24, 2.45) is 5.92 Å². The summed E-state index contributed by atoms with van der Waals surface area (Å²) in [5, 5.41) is 4.25. The Morgan fingerprint density at radius 1 is 1.08 bits per heavy atom. The Morgan fingerprint density at radius 2 is 1.92 bits per heavy atom. The number of benzene rings is 1. The first-order valence-corrected chi connectivity index (χ1v) is 8.77. The summed E-state index contributed by atoms with van der Waals surface area (Å²) in [6.45, 7) is 1.80. The van der Waals surface area contributed by atoms with Gasteiger partial charge in [0.2, 0.25) is 17.7 Å². The van der Waals surface area contributed by atoms with E-state index in [9.17, 15) is 0 Å². The smallest absolute Gasteiger partial charge is 0.235 e. The molecular weight excluding hydrogens is 314 g/mol. The van der Waals surface area contributed by atoms with Gasteiger partial charge in [-0.2, -0.15) is 4.98 Å². The van der Waals surface area contributed by atoms with Crippen LogP contribution in [0.15, 0.2) is 53.3 Å². The fraction of sp³-hybridized carbons (Fsp3) is 0.368. The van der Waals surface area contributed by atoms with E-state index < -0.39 is 0 Å².